The Hall–Kier alpha value is -3.36. The molecule has 2 fully saturated rings. The molecule has 3 N–H and O–H groups in total. The molecule has 2 aliphatic heterocycles. The molecule has 0 saturated carbocycles. The summed E-state index contributed by atoms with van der Waals surface area (Å²) in [7, 11) is 0. The second-order valence-electron chi connectivity index (χ2n) is 8.61. The monoisotopic (exact) mass is 423 g/mol. The highest BCUT2D eigenvalue weighted by Gasteiger charge is 2.58. The molecular formula is C22H26FN7O. The lowest BCUT2D eigenvalue weighted by Gasteiger charge is -2.64. The summed E-state index contributed by atoms with van der Waals surface area (Å²) in [5.41, 5.74) is 1.88. The van der Waals surface area contributed by atoms with Crippen LogP contribution in [0.5, 0.6) is 0 Å². The normalized spacial score (nSPS) is 24.2. The van der Waals surface area contributed by atoms with Crippen molar-refractivity contribution in [1.29, 1.82) is 10.8 Å². The summed E-state index contributed by atoms with van der Waals surface area (Å²) in [5, 5.41) is 18.0. The van der Waals surface area contributed by atoms with E-state index in [0.717, 1.165) is 55.5 Å². The average Bonchev–Trinajstić information content (AvgIpc) is 2.73. The van der Waals surface area contributed by atoms with E-state index >= 15 is 0 Å². The summed E-state index contributed by atoms with van der Waals surface area (Å²) >= 11 is 0. The second kappa shape index (κ2) is 8.05. The molecule has 3 heterocycles. The zero-order valence-electron chi connectivity index (χ0n) is 17.6. The molecule has 162 valence electrons. The minimum Gasteiger partial charge on any atom is -0.322 e. The molecule has 8 nitrogen and oxygen atoms in total. The molecule has 0 spiro atoms. The minimum atomic E-state index is -0.501. The van der Waals surface area contributed by atoms with Gasteiger partial charge in [-0.3, -0.25) is 10.8 Å². The van der Waals surface area contributed by atoms with Crippen molar-refractivity contribution in [3.8, 4) is 11.4 Å². The summed E-state index contributed by atoms with van der Waals surface area (Å²) in [5.74, 6) is 0.384. The number of carbonyl (C=O) groups is 1. The molecule has 2 aromatic rings. The van der Waals surface area contributed by atoms with Crippen molar-refractivity contribution >= 4 is 24.4 Å². The summed E-state index contributed by atoms with van der Waals surface area (Å²) < 4.78 is 13.2. The molecule has 2 bridgehead atoms. The zero-order chi connectivity index (χ0) is 22.2. The first kappa shape index (κ1) is 20.9. The molecule has 1 aromatic heterocycles. The zero-order valence-corrected chi connectivity index (χ0v) is 17.6. The molecule has 3 atom stereocenters. The number of carbonyl (C=O) groups excluding carboxylic acids is 1. The highest BCUT2D eigenvalue weighted by molar-refractivity contribution is 5.92. The second-order valence-corrected chi connectivity index (χ2v) is 8.61. The number of hydrogen-bond acceptors (Lipinski definition) is 5. The Morgan fingerprint density at radius 3 is 2.71 bits per heavy atom. The van der Waals surface area contributed by atoms with Gasteiger partial charge in [0.15, 0.2) is 11.6 Å². The molecule has 0 radical (unpaired) electrons. The Balaban J connectivity index is 1.56. The molecule has 4 rings (SSSR count). The highest BCUT2D eigenvalue weighted by atomic mass is 19.1. The van der Waals surface area contributed by atoms with Crippen molar-refractivity contribution in [1.82, 2.24) is 19.8 Å². The van der Waals surface area contributed by atoms with Crippen molar-refractivity contribution in [2.75, 3.05) is 11.9 Å². The molecule has 2 saturated heterocycles. The largest absolute Gasteiger partial charge is 0.322 e. The minimum absolute atomic E-state index is 0.160. The van der Waals surface area contributed by atoms with E-state index in [0.29, 0.717) is 24.0 Å². The van der Waals surface area contributed by atoms with E-state index in [-0.39, 0.29) is 17.6 Å². The number of urea groups is 1. The Morgan fingerprint density at radius 2 is 2.03 bits per heavy atom. The number of aromatic nitrogens is 2. The average molecular weight is 423 g/mol. The number of nitrogens with zero attached hydrogens (tertiary/aromatic N) is 4. The van der Waals surface area contributed by atoms with Gasteiger partial charge in [-0.2, -0.15) is 0 Å². The Morgan fingerprint density at radius 1 is 1.32 bits per heavy atom. The van der Waals surface area contributed by atoms with Crippen LogP contribution >= 0.6 is 0 Å². The first-order chi connectivity index (χ1) is 14.8. The predicted octanol–water partition coefficient (Wildman–Crippen LogP) is 3.88. The molecule has 0 aliphatic carbocycles. The topological polar surface area (TPSA) is 109 Å². The van der Waals surface area contributed by atoms with Crippen LogP contribution < -0.4 is 5.32 Å². The number of hydrogen-bond donors (Lipinski definition) is 3. The first-order valence-electron chi connectivity index (χ1n) is 10.3. The van der Waals surface area contributed by atoms with Crippen LogP contribution in [0.4, 0.5) is 14.9 Å². The van der Waals surface area contributed by atoms with Gasteiger partial charge in [0.05, 0.1) is 30.6 Å². The van der Waals surface area contributed by atoms with Crippen LogP contribution in [0.25, 0.3) is 11.4 Å². The van der Waals surface area contributed by atoms with Crippen molar-refractivity contribution in [3.63, 3.8) is 0 Å². The molecular weight excluding hydrogens is 397 g/mol. The Bertz CT molecular complexity index is 1000. The van der Waals surface area contributed by atoms with Crippen molar-refractivity contribution in [2.45, 2.75) is 44.7 Å². The van der Waals surface area contributed by atoms with Crippen LogP contribution in [0.2, 0.25) is 0 Å². The van der Waals surface area contributed by atoms with Crippen LogP contribution in [-0.2, 0) is 0 Å². The van der Waals surface area contributed by atoms with Gasteiger partial charge in [0.25, 0.3) is 0 Å². The van der Waals surface area contributed by atoms with E-state index in [1.54, 1.807) is 6.07 Å². The van der Waals surface area contributed by atoms with Gasteiger partial charge in [0.1, 0.15) is 0 Å². The quantitative estimate of drug-likeness (QED) is 0.484. The van der Waals surface area contributed by atoms with Gasteiger partial charge in [0.2, 0.25) is 0 Å². The summed E-state index contributed by atoms with van der Waals surface area (Å²) in [6.07, 6.45) is 7.17. The molecule has 2 amide bonds. The Kier molecular flexibility index (Phi) is 5.43. The fourth-order valence-corrected chi connectivity index (χ4v) is 5.10. The summed E-state index contributed by atoms with van der Waals surface area (Å²) in [6.45, 7) is 4.54. The number of benzene rings is 1. The van der Waals surface area contributed by atoms with Crippen molar-refractivity contribution in [3.05, 3.63) is 42.0 Å². The van der Waals surface area contributed by atoms with E-state index in [1.165, 1.54) is 4.90 Å². The molecule has 1 aromatic carbocycles. The SMILES string of the molecule is Cc1ccc(NC(=O)N2C3CC(C)CC2(CN(C=N)C=N)C3)cc1-c1ncc(F)cn1. The number of anilines is 1. The van der Waals surface area contributed by atoms with Gasteiger partial charge >= 0.3 is 6.03 Å². The van der Waals surface area contributed by atoms with Gasteiger partial charge in [-0.1, -0.05) is 13.0 Å². The van der Waals surface area contributed by atoms with E-state index < -0.39 is 5.82 Å². The maximum Gasteiger partial charge on any atom is 0.322 e. The number of piperidine rings is 1. The van der Waals surface area contributed by atoms with E-state index in [1.807, 2.05) is 24.0 Å². The van der Waals surface area contributed by atoms with Gasteiger partial charge in [-0.15, -0.1) is 0 Å². The third-order valence-electron chi connectivity index (χ3n) is 6.27. The lowest BCUT2D eigenvalue weighted by atomic mass is 9.64. The number of aryl methyl sites for hydroxylation is 1. The predicted molar refractivity (Wildman–Crippen MR) is 117 cm³/mol. The van der Waals surface area contributed by atoms with Crippen molar-refractivity contribution < 1.29 is 9.18 Å². The number of nitrogens with one attached hydrogen (secondary N) is 3. The number of amides is 2. The number of halogens is 1. The van der Waals surface area contributed by atoms with Gasteiger partial charge < -0.3 is 15.1 Å². The maximum atomic E-state index is 13.3. The van der Waals surface area contributed by atoms with Gasteiger partial charge in [-0.05, 0) is 49.8 Å². The fraction of sp³-hybridized carbons (Fsp3) is 0.409. The van der Waals surface area contributed by atoms with Crippen LogP contribution in [0.1, 0.15) is 31.7 Å². The highest BCUT2D eigenvalue weighted by Crippen LogP contribution is 2.50. The molecule has 9 heteroatoms. The lowest BCUT2D eigenvalue weighted by molar-refractivity contribution is -0.0924. The van der Waals surface area contributed by atoms with Crippen molar-refractivity contribution in [2.24, 2.45) is 5.92 Å². The third kappa shape index (κ3) is 3.87. The third-order valence-corrected chi connectivity index (χ3v) is 6.27. The van der Waals surface area contributed by atoms with Crippen LogP contribution in [-0.4, -0.2) is 56.6 Å². The summed E-state index contributed by atoms with van der Waals surface area (Å²) in [4.78, 5) is 24.8. The van der Waals surface area contributed by atoms with E-state index in [2.05, 4.69) is 22.2 Å². The smallest absolute Gasteiger partial charge is 0.322 e. The summed E-state index contributed by atoms with van der Waals surface area (Å²) in [6, 6.07) is 5.47. The fourth-order valence-electron chi connectivity index (χ4n) is 5.10. The van der Waals surface area contributed by atoms with E-state index in [9.17, 15) is 9.18 Å². The molecule has 3 unspecified atom stereocenters. The number of rotatable bonds is 6. The van der Waals surface area contributed by atoms with Crippen LogP contribution in [0, 0.1) is 29.5 Å². The standard InChI is InChI=1S/C22H26FN7O/c1-14-5-18-8-22(7-14,11-29(12-24)13-25)30(18)21(31)28-17-4-3-15(2)19(6-17)20-26-9-16(23)10-27-20/h3-4,6,9-10,12-14,18,24-25H,5,7-8,11H2,1-2H3,(H,28,31). The van der Waals surface area contributed by atoms with Gasteiger partial charge in [-0.25, -0.2) is 19.2 Å². The van der Waals surface area contributed by atoms with E-state index in [4.69, 9.17) is 10.8 Å². The Labute approximate surface area is 180 Å². The van der Waals surface area contributed by atoms with Gasteiger partial charge in [0, 0.05) is 23.8 Å². The lowest BCUT2D eigenvalue weighted by Crippen LogP contribution is -2.75. The molecule has 31 heavy (non-hydrogen) atoms. The first-order valence-corrected chi connectivity index (χ1v) is 10.3. The molecule has 2 aliphatic rings. The van der Waals surface area contributed by atoms with Crippen LogP contribution in [0.15, 0.2) is 30.6 Å². The maximum absolute atomic E-state index is 13.3. The number of fused-ring (bicyclic) bond motifs is 2. The van der Waals surface area contributed by atoms with Crippen LogP contribution in [0.3, 0.4) is 0 Å².